The summed E-state index contributed by atoms with van der Waals surface area (Å²) >= 11 is 0. The van der Waals surface area contributed by atoms with Gasteiger partial charge in [-0.25, -0.2) is 4.99 Å². The first kappa shape index (κ1) is 15.3. The molecule has 2 aliphatic heterocycles. The fraction of sp³-hybridized carbons (Fsp3) is 0.611. The van der Waals surface area contributed by atoms with Crippen LogP contribution in [0.25, 0.3) is 0 Å². The Morgan fingerprint density at radius 2 is 2.09 bits per heavy atom. The lowest BCUT2D eigenvalue weighted by Gasteiger charge is -2.32. The van der Waals surface area contributed by atoms with Gasteiger partial charge < -0.3 is 14.5 Å². The maximum atomic E-state index is 6.36. The fourth-order valence-electron chi connectivity index (χ4n) is 3.77. The summed E-state index contributed by atoms with van der Waals surface area (Å²) in [5.74, 6) is 0. The van der Waals surface area contributed by atoms with Crippen molar-refractivity contribution in [2.24, 2.45) is 4.99 Å². The van der Waals surface area contributed by atoms with E-state index >= 15 is 0 Å². The molecular weight excluding hydrogens is 274 g/mol. The van der Waals surface area contributed by atoms with Gasteiger partial charge >= 0.3 is 0 Å². The predicted molar refractivity (Wildman–Crippen MR) is 91.1 cm³/mol. The SMILES string of the molecule is C=CC1=C(C=C)CN(C2=NCC3(CCC(N(C)C)C3)O2)CC1. The molecule has 0 aromatic heterocycles. The van der Waals surface area contributed by atoms with Crippen LogP contribution >= 0.6 is 0 Å². The standard InChI is InChI=1S/C18H27N3O/c1-5-14-8-10-21(12-15(14)6-2)17-19-13-18(22-17)9-7-16(11-18)20(3)4/h5-6,16H,1-2,7-13H2,3-4H3. The van der Waals surface area contributed by atoms with Crippen LogP contribution < -0.4 is 0 Å². The third-order valence-corrected chi connectivity index (χ3v) is 5.27. The number of hydrogen-bond donors (Lipinski definition) is 0. The molecule has 0 amide bonds. The molecule has 0 aromatic carbocycles. The third-order valence-electron chi connectivity index (χ3n) is 5.27. The van der Waals surface area contributed by atoms with Gasteiger partial charge in [-0.05, 0) is 44.5 Å². The predicted octanol–water partition coefficient (Wildman–Crippen LogP) is 2.60. The minimum Gasteiger partial charge on any atom is -0.456 e. The van der Waals surface area contributed by atoms with Crippen LogP contribution in [0.5, 0.6) is 0 Å². The zero-order valence-electron chi connectivity index (χ0n) is 13.8. The molecule has 4 heteroatoms. The molecule has 1 fully saturated rings. The van der Waals surface area contributed by atoms with E-state index in [2.05, 4.69) is 37.1 Å². The summed E-state index contributed by atoms with van der Waals surface area (Å²) in [6.45, 7) is 10.4. The number of aliphatic imine (C=N–C) groups is 1. The van der Waals surface area contributed by atoms with Gasteiger partial charge in [-0.15, -0.1) is 0 Å². The zero-order chi connectivity index (χ0) is 15.7. The van der Waals surface area contributed by atoms with E-state index in [0.717, 1.165) is 44.9 Å². The number of rotatable bonds is 3. The number of nitrogens with zero attached hydrogens (tertiary/aromatic N) is 3. The maximum absolute atomic E-state index is 6.36. The second-order valence-corrected chi connectivity index (χ2v) is 6.87. The molecule has 3 aliphatic rings. The van der Waals surface area contributed by atoms with Crippen LogP contribution in [0, 0.1) is 0 Å². The summed E-state index contributed by atoms with van der Waals surface area (Å²) in [4.78, 5) is 9.29. The molecule has 0 aromatic rings. The van der Waals surface area contributed by atoms with Crippen molar-refractivity contribution < 1.29 is 4.74 Å². The van der Waals surface area contributed by atoms with E-state index in [0.29, 0.717) is 6.04 Å². The molecule has 0 saturated heterocycles. The average molecular weight is 301 g/mol. The van der Waals surface area contributed by atoms with Crippen LogP contribution in [0.1, 0.15) is 25.7 Å². The third kappa shape index (κ3) is 2.72. The Bertz CT molecular complexity index is 534. The van der Waals surface area contributed by atoms with E-state index < -0.39 is 0 Å². The monoisotopic (exact) mass is 301 g/mol. The molecule has 2 atom stereocenters. The van der Waals surface area contributed by atoms with Gasteiger partial charge in [-0.2, -0.15) is 0 Å². The molecule has 3 rings (SSSR count). The molecule has 1 aliphatic carbocycles. The molecule has 0 N–H and O–H groups in total. The Labute approximate surface area is 133 Å². The minimum atomic E-state index is -0.0545. The van der Waals surface area contributed by atoms with E-state index in [1.807, 2.05) is 12.2 Å². The second-order valence-electron chi connectivity index (χ2n) is 6.87. The topological polar surface area (TPSA) is 28.1 Å². The first-order valence-corrected chi connectivity index (χ1v) is 8.18. The van der Waals surface area contributed by atoms with E-state index in [-0.39, 0.29) is 5.60 Å². The highest BCUT2D eigenvalue weighted by Gasteiger charge is 2.46. The van der Waals surface area contributed by atoms with Crippen molar-refractivity contribution in [1.29, 1.82) is 0 Å². The Balaban J connectivity index is 1.66. The summed E-state index contributed by atoms with van der Waals surface area (Å²) in [7, 11) is 4.31. The molecule has 4 nitrogen and oxygen atoms in total. The van der Waals surface area contributed by atoms with Gasteiger partial charge in [0.1, 0.15) is 5.60 Å². The normalized spacial score (nSPS) is 31.7. The highest BCUT2D eigenvalue weighted by Crippen LogP contribution is 2.39. The zero-order valence-corrected chi connectivity index (χ0v) is 13.8. The summed E-state index contributed by atoms with van der Waals surface area (Å²) < 4.78 is 6.36. The highest BCUT2D eigenvalue weighted by molar-refractivity contribution is 5.77. The van der Waals surface area contributed by atoms with Gasteiger partial charge in [-0.3, -0.25) is 0 Å². The van der Waals surface area contributed by atoms with Gasteiger partial charge in [0.25, 0.3) is 6.02 Å². The Hall–Kier alpha value is -1.55. The van der Waals surface area contributed by atoms with Gasteiger partial charge in [0.2, 0.25) is 0 Å². The Morgan fingerprint density at radius 1 is 1.32 bits per heavy atom. The van der Waals surface area contributed by atoms with E-state index in [9.17, 15) is 0 Å². The van der Waals surface area contributed by atoms with Crippen molar-refractivity contribution in [1.82, 2.24) is 9.80 Å². The van der Waals surface area contributed by atoms with Crippen molar-refractivity contribution in [2.75, 3.05) is 33.7 Å². The van der Waals surface area contributed by atoms with Crippen molar-refractivity contribution in [3.63, 3.8) is 0 Å². The molecule has 120 valence electrons. The van der Waals surface area contributed by atoms with Gasteiger partial charge in [0.05, 0.1) is 6.54 Å². The van der Waals surface area contributed by atoms with Crippen molar-refractivity contribution in [3.05, 3.63) is 36.5 Å². The first-order valence-electron chi connectivity index (χ1n) is 8.18. The summed E-state index contributed by atoms with van der Waals surface area (Å²) in [5.41, 5.74) is 2.49. The van der Waals surface area contributed by atoms with Crippen LogP contribution in [0.3, 0.4) is 0 Å². The first-order chi connectivity index (χ1) is 10.6. The van der Waals surface area contributed by atoms with Crippen LogP contribution in [-0.4, -0.2) is 61.2 Å². The van der Waals surface area contributed by atoms with E-state index in [1.54, 1.807) is 0 Å². The number of ether oxygens (including phenoxy) is 1. The maximum Gasteiger partial charge on any atom is 0.288 e. The number of hydrogen-bond acceptors (Lipinski definition) is 4. The molecule has 2 heterocycles. The van der Waals surface area contributed by atoms with Crippen LogP contribution in [0.2, 0.25) is 0 Å². The lowest BCUT2D eigenvalue weighted by molar-refractivity contribution is 0.0681. The molecule has 2 unspecified atom stereocenters. The van der Waals surface area contributed by atoms with Crippen LogP contribution in [0.15, 0.2) is 41.4 Å². The van der Waals surface area contributed by atoms with E-state index in [4.69, 9.17) is 9.73 Å². The van der Waals surface area contributed by atoms with E-state index in [1.165, 1.54) is 17.6 Å². The molecular formula is C18H27N3O. The molecule has 1 spiro atoms. The van der Waals surface area contributed by atoms with Crippen LogP contribution in [0.4, 0.5) is 0 Å². The summed E-state index contributed by atoms with van der Waals surface area (Å²) in [6, 6.07) is 1.45. The van der Waals surface area contributed by atoms with Crippen molar-refractivity contribution in [2.45, 2.75) is 37.3 Å². The lowest BCUT2D eigenvalue weighted by Crippen LogP contribution is -2.41. The Kier molecular flexibility index (Phi) is 4.13. The number of allylic oxidation sites excluding steroid dienone is 1. The Morgan fingerprint density at radius 3 is 2.73 bits per heavy atom. The van der Waals surface area contributed by atoms with Gasteiger partial charge in [-0.1, -0.05) is 25.3 Å². The molecule has 22 heavy (non-hydrogen) atoms. The smallest absolute Gasteiger partial charge is 0.288 e. The summed E-state index contributed by atoms with van der Waals surface area (Å²) in [6.07, 6.45) is 8.27. The van der Waals surface area contributed by atoms with Crippen molar-refractivity contribution in [3.8, 4) is 0 Å². The molecule has 0 radical (unpaired) electrons. The minimum absolute atomic E-state index is 0.0545. The van der Waals surface area contributed by atoms with Crippen LogP contribution in [-0.2, 0) is 4.74 Å². The lowest BCUT2D eigenvalue weighted by atomic mass is 10.0. The molecule has 0 bridgehead atoms. The number of amidine groups is 1. The molecule has 1 saturated carbocycles. The van der Waals surface area contributed by atoms with Gasteiger partial charge in [0, 0.05) is 25.6 Å². The summed E-state index contributed by atoms with van der Waals surface area (Å²) in [5, 5.41) is 0. The average Bonchev–Trinajstić information content (AvgIpc) is 3.14. The highest BCUT2D eigenvalue weighted by atomic mass is 16.5. The quantitative estimate of drug-likeness (QED) is 0.802. The second kappa shape index (κ2) is 5.92. The van der Waals surface area contributed by atoms with Gasteiger partial charge in [0.15, 0.2) is 0 Å². The fourth-order valence-corrected chi connectivity index (χ4v) is 3.77. The largest absolute Gasteiger partial charge is 0.456 e. The van der Waals surface area contributed by atoms with Crippen molar-refractivity contribution >= 4 is 6.02 Å².